The minimum absolute atomic E-state index is 0.0627. The van der Waals surface area contributed by atoms with Gasteiger partial charge in [0.15, 0.2) is 0 Å². The molecule has 0 aromatic heterocycles. The number of hydrogen-bond acceptors (Lipinski definition) is 4. The lowest BCUT2D eigenvalue weighted by atomic mass is 9.47. The summed E-state index contributed by atoms with van der Waals surface area (Å²) in [6, 6.07) is 0. The van der Waals surface area contributed by atoms with Gasteiger partial charge in [-0.1, -0.05) is 46.8 Å². The number of ketones is 1. The highest BCUT2D eigenvalue weighted by atomic mass is 16.5. The van der Waals surface area contributed by atoms with Gasteiger partial charge in [-0.05, 0) is 25.2 Å². The van der Waals surface area contributed by atoms with Gasteiger partial charge >= 0.3 is 0 Å². The smallest absolute Gasteiger partial charge is 0.145 e. The van der Waals surface area contributed by atoms with Crippen molar-refractivity contribution in [3.63, 3.8) is 0 Å². The first-order valence-electron chi connectivity index (χ1n) is 9.34. The van der Waals surface area contributed by atoms with Gasteiger partial charge in [0, 0.05) is 17.3 Å². The Morgan fingerprint density at radius 3 is 2.48 bits per heavy atom. The molecule has 5 heteroatoms. The molecule has 0 bridgehead atoms. The molecule has 1 aliphatic heterocycles. The molecule has 25 heavy (non-hydrogen) atoms. The van der Waals surface area contributed by atoms with Gasteiger partial charge in [0.2, 0.25) is 0 Å². The second-order valence-corrected chi connectivity index (χ2v) is 9.35. The van der Waals surface area contributed by atoms with Crippen LogP contribution in [-0.2, 0) is 9.53 Å². The van der Waals surface area contributed by atoms with Crippen molar-refractivity contribution >= 4 is 11.6 Å². The molecule has 0 aromatic rings. The molecule has 140 valence electrons. The quantitative estimate of drug-likeness (QED) is 0.385. The van der Waals surface area contributed by atoms with Crippen LogP contribution in [0.25, 0.3) is 0 Å². The molecule has 4 N–H and O–H groups in total. The molecule has 8 atom stereocenters. The average molecular weight is 348 g/mol. The SMILES string of the molecule is CC1CC2(C(=N)N)O[C@H]3C(C(O)C=CC3(C)C)[C@@H](C)[C@@]2(C)C(=O)[C@@H]1C. The Kier molecular flexibility index (Phi) is 4.01. The van der Waals surface area contributed by atoms with E-state index in [2.05, 4.69) is 13.8 Å². The second kappa shape index (κ2) is 5.40. The number of hydrogen-bond donors (Lipinski definition) is 3. The first-order valence-corrected chi connectivity index (χ1v) is 9.34. The van der Waals surface area contributed by atoms with Crippen molar-refractivity contribution in [1.82, 2.24) is 0 Å². The minimum Gasteiger partial charge on any atom is -0.389 e. The number of nitrogens with one attached hydrogen (secondary N) is 1. The van der Waals surface area contributed by atoms with Crippen LogP contribution in [0.3, 0.4) is 0 Å². The highest BCUT2D eigenvalue weighted by Crippen LogP contribution is 2.61. The maximum absolute atomic E-state index is 13.4. The van der Waals surface area contributed by atoms with E-state index in [0.717, 1.165) is 0 Å². The zero-order valence-corrected chi connectivity index (χ0v) is 16.2. The van der Waals surface area contributed by atoms with Gasteiger partial charge in [-0.3, -0.25) is 10.2 Å². The number of amidine groups is 1. The van der Waals surface area contributed by atoms with Crippen LogP contribution in [0.2, 0.25) is 0 Å². The van der Waals surface area contributed by atoms with Crippen LogP contribution in [0.1, 0.15) is 48.0 Å². The largest absolute Gasteiger partial charge is 0.389 e. The van der Waals surface area contributed by atoms with E-state index >= 15 is 0 Å². The lowest BCUT2D eigenvalue weighted by Crippen LogP contribution is -2.75. The van der Waals surface area contributed by atoms with Crippen molar-refractivity contribution in [3.05, 3.63) is 12.2 Å². The van der Waals surface area contributed by atoms with Gasteiger partial charge in [-0.15, -0.1) is 0 Å². The first kappa shape index (κ1) is 18.6. The third kappa shape index (κ3) is 2.15. The number of carbonyl (C=O) groups is 1. The summed E-state index contributed by atoms with van der Waals surface area (Å²) in [6.07, 6.45) is 3.43. The normalized spacial score (nSPS) is 51.6. The summed E-state index contributed by atoms with van der Waals surface area (Å²) in [5.41, 5.74) is 3.80. The van der Waals surface area contributed by atoms with Gasteiger partial charge in [0.1, 0.15) is 17.2 Å². The Hall–Kier alpha value is -1.20. The molecule has 1 saturated heterocycles. The summed E-state index contributed by atoms with van der Waals surface area (Å²) in [5.74, 6) is -0.303. The predicted molar refractivity (Wildman–Crippen MR) is 97.2 cm³/mol. The number of ether oxygens (including phenoxy) is 1. The number of Topliss-reactive ketones (excluding diaryl/α,β-unsaturated/α-hetero) is 1. The monoisotopic (exact) mass is 348 g/mol. The summed E-state index contributed by atoms with van der Waals surface area (Å²) in [4.78, 5) is 13.4. The summed E-state index contributed by atoms with van der Waals surface area (Å²) >= 11 is 0. The fourth-order valence-corrected chi connectivity index (χ4v) is 5.62. The van der Waals surface area contributed by atoms with E-state index < -0.39 is 17.1 Å². The number of rotatable bonds is 1. The Labute approximate surface area is 150 Å². The van der Waals surface area contributed by atoms with E-state index in [1.807, 2.05) is 39.8 Å². The van der Waals surface area contributed by atoms with Crippen LogP contribution in [-0.4, -0.2) is 34.5 Å². The van der Waals surface area contributed by atoms with Crippen molar-refractivity contribution < 1.29 is 14.6 Å². The maximum Gasteiger partial charge on any atom is 0.145 e. The van der Waals surface area contributed by atoms with Crippen LogP contribution in [0.4, 0.5) is 0 Å². The molecule has 2 aliphatic carbocycles. The molecule has 3 aliphatic rings. The average Bonchev–Trinajstić information content (AvgIpc) is 2.52. The molecular weight excluding hydrogens is 316 g/mol. The lowest BCUT2D eigenvalue weighted by molar-refractivity contribution is -0.261. The van der Waals surface area contributed by atoms with E-state index in [4.69, 9.17) is 15.9 Å². The number of aliphatic hydroxyl groups excluding tert-OH is 1. The minimum atomic E-state index is -1.10. The van der Waals surface area contributed by atoms with Crippen molar-refractivity contribution in [2.45, 2.75) is 65.8 Å². The van der Waals surface area contributed by atoms with E-state index in [0.29, 0.717) is 6.42 Å². The third-order valence-electron chi connectivity index (χ3n) is 7.68. The maximum atomic E-state index is 13.4. The fraction of sp³-hybridized carbons (Fsp3) is 0.800. The number of nitrogens with two attached hydrogens (primary N) is 1. The molecule has 0 amide bonds. The molecule has 0 aromatic carbocycles. The van der Waals surface area contributed by atoms with Gasteiger partial charge in [-0.2, -0.15) is 0 Å². The first-order chi connectivity index (χ1) is 11.4. The molecule has 2 fully saturated rings. The van der Waals surface area contributed by atoms with E-state index in [9.17, 15) is 9.90 Å². The predicted octanol–water partition coefficient (Wildman–Crippen LogP) is 2.52. The van der Waals surface area contributed by atoms with Gasteiger partial charge in [-0.25, -0.2) is 0 Å². The van der Waals surface area contributed by atoms with Crippen molar-refractivity contribution in [2.24, 2.45) is 40.2 Å². The number of fused-ring (bicyclic) bond motifs is 2. The van der Waals surface area contributed by atoms with Crippen LogP contribution >= 0.6 is 0 Å². The van der Waals surface area contributed by atoms with Gasteiger partial charge in [0.05, 0.1) is 17.6 Å². The Bertz CT molecular complexity index is 643. The summed E-state index contributed by atoms with van der Waals surface area (Å²) in [5, 5.41) is 19.0. The Balaban J connectivity index is 2.22. The Morgan fingerprint density at radius 2 is 1.92 bits per heavy atom. The van der Waals surface area contributed by atoms with Crippen molar-refractivity contribution in [1.29, 1.82) is 5.41 Å². The highest BCUT2D eigenvalue weighted by Gasteiger charge is 2.70. The van der Waals surface area contributed by atoms with Crippen molar-refractivity contribution in [2.75, 3.05) is 0 Å². The van der Waals surface area contributed by atoms with Gasteiger partial charge in [0.25, 0.3) is 0 Å². The van der Waals surface area contributed by atoms with Crippen molar-refractivity contribution in [3.8, 4) is 0 Å². The molecule has 0 spiro atoms. The number of carbonyl (C=O) groups excluding carboxylic acids is 1. The molecular formula is C20H32N2O3. The fourth-order valence-electron chi connectivity index (χ4n) is 5.62. The van der Waals surface area contributed by atoms with Gasteiger partial charge < -0.3 is 15.6 Å². The zero-order valence-electron chi connectivity index (χ0n) is 16.2. The third-order valence-corrected chi connectivity index (χ3v) is 7.68. The Morgan fingerprint density at radius 1 is 1.32 bits per heavy atom. The van der Waals surface area contributed by atoms with E-state index in [1.54, 1.807) is 0 Å². The highest BCUT2D eigenvalue weighted by molar-refractivity contribution is 5.99. The van der Waals surface area contributed by atoms with Crippen LogP contribution < -0.4 is 5.73 Å². The van der Waals surface area contributed by atoms with Crippen LogP contribution in [0.15, 0.2) is 12.2 Å². The molecule has 5 nitrogen and oxygen atoms in total. The van der Waals surface area contributed by atoms with Crippen LogP contribution in [0.5, 0.6) is 0 Å². The van der Waals surface area contributed by atoms with E-state index in [1.165, 1.54) is 0 Å². The summed E-state index contributed by atoms with van der Waals surface area (Å²) in [7, 11) is 0. The zero-order chi connectivity index (χ0) is 18.9. The number of aliphatic hydroxyl groups is 1. The topological polar surface area (TPSA) is 96.4 Å². The molecule has 1 heterocycles. The lowest BCUT2D eigenvalue weighted by Gasteiger charge is -2.65. The van der Waals surface area contributed by atoms with E-state index in [-0.39, 0.29) is 46.8 Å². The molecule has 3 rings (SSSR count). The van der Waals surface area contributed by atoms with Crippen LogP contribution in [0, 0.1) is 39.9 Å². The molecule has 0 radical (unpaired) electrons. The summed E-state index contributed by atoms with van der Waals surface area (Å²) < 4.78 is 6.61. The summed E-state index contributed by atoms with van der Waals surface area (Å²) in [6.45, 7) is 12.1. The second-order valence-electron chi connectivity index (χ2n) is 9.35. The standard InChI is InChI=1S/C20H32N2O3/c1-10-9-20(17(21)22)19(6,15(24)11(10)2)12(3)14-13(23)7-8-18(4,5)16(14)25-20/h7-8,10-14,16,23H,9H2,1-6H3,(H3,21,22)/t10?,11-,12-,13?,14?,16+,19+,20?/m1/s1. The molecule has 4 unspecified atom stereocenters. The molecule has 1 saturated carbocycles.